The molecule has 41 heavy (non-hydrogen) atoms. The highest BCUT2D eigenvalue weighted by Gasteiger charge is 2.26. The highest BCUT2D eigenvalue weighted by molar-refractivity contribution is 5.78. The van der Waals surface area contributed by atoms with E-state index in [4.69, 9.17) is 14.8 Å². The maximum absolute atomic E-state index is 5.40. The number of likely N-dealkylation sites (N-methyl/N-ethyl adjacent to an activating group) is 1. The van der Waals surface area contributed by atoms with E-state index in [1.165, 1.54) is 31.6 Å². The Morgan fingerprint density at radius 1 is 1.00 bits per heavy atom. The summed E-state index contributed by atoms with van der Waals surface area (Å²) in [5.41, 5.74) is 5.79. The molecular formula is C31H39N9O. The van der Waals surface area contributed by atoms with Gasteiger partial charge in [0.05, 0.1) is 24.9 Å². The Labute approximate surface area is 242 Å². The normalized spacial score (nSPS) is 20.3. The second-order valence-electron chi connectivity index (χ2n) is 11.3. The van der Waals surface area contributed by atoms with Crippen molar-refractivity contribution in [2.45, 2.75) is 24.9 Å². The zero-order chi connectivity index (χ0) is 27.6. The first kappa shape index (κ1) is 26.1. The van der Waals surface area contributed by atoms with Gasteiger partial charge in [-0.25, -0.2) is 9.97 Å². The second-order valence-corrected chi connectivity index (χ2v) is 11.3. The molecule has 3 saturated heterocycles. The van der Waals surface area contributed by atoms with Gasteiger partial charge in [-0.2, -0.15) is 5.10 Å². The number of piperazine rings is 1. The van der Waals surface area contributed by atoms with Gasteiger partial charge in [-0.1, -0.05) is 0 Å². The molecule has 10 nitrogen and oxygen atoms in total. The smallest absolute Gasteiger partial charge is 0.227 e. The van der Waals surface area contributed by atoms with Crippen LogP contribution in [0, 0.1) is 0 Å². The number of nitrogens with zero attached hydrogens (tertiary/aromatic N) is 8. The molecule has 4 aromatic rings. The van der Waals surface area contributed by atoms with E-state index in [1.807, 2.05) is 29.1 Å². The Morgan fingerprint density at radius 3 is 2.56 bits per heavy atom. The number of hydrogen-bond donors (Lipinski definition) is 1. The van der Waals surface area contributed by atoms with Crippen molar-refractivity contribution in [2.75, 3.05) is 69.7 Å². The summed E-state index contributed by atoms with van der Waals surface area (Å²) in [7, 11) is 2.27. The third-order valence-corrected chi connectivity index (χ3v) is 8.59. The Balaban J connectivity index is 0.00000316. The molecule has 1 aromatic carbocycles. The molecule has 0 spiro atoms. The largest absolute Gasteiger partial charge is 0.377 e. The molecule has 0 bridgehead atoms. The molecule has 1 N–H and O–H groups in total. The van der Waals surface area contributed by atoms with Gasteiger partial charge < -0.3 is 19.9 Å². The van der Waals surface area contributed by atoms with Gasteiger partial charge in [0.25, 0.3) is 0 Å². The summed E-state index contributed by atoms with van der Waals surface area (Å²) < 4.78 is 7.39. The third-order valence-electron chi connectivity index (χ3n) is 8.59. The molecule has 0 saturated carbocycles. The second kappa shape index (κ2) is 11.6. The molecule has 7 rings (SSSR count). The van der Waals surface area contributed by atoms with Crippen LogP contribution in [0.1, 0.15) is 20.3 Å². The van der Waals surface area contributed by atoms with Crippen molar-refractivity contribution in [1.29, 1.82) is 0 Å². The third kappa shape index (κ3) is 5.68. The highest BCUT2D eigenvalue weighted by Crippen LogP contribution is 2.32. The van der Waals surface area contributed by atoms with Crippen molar-refractivity contribution in [3.63, 3.8) is 0 Å². The number of anilines is 3. The monoisotopic (exact) mass is 553 g/mol. The Hall–Kier alpha value is -3.86. The number of hydrogen-bond acceptors (Lipinski definition) is 9. The SMILES string of the molecule is CN1CCCC1CN1CCN(c2ccc(Nc3nccc(-c4cn(C5COC5)nc4-c4cccnc4)n3)cc2)CC1.[HH]. The van der Waals surface area contributed by atoms with Crippen LogP contribution < -0.4 is 10.2 Å². The average Bonchev–Trinajstić information content (AvgIpc) is 3.60. The first-order chi connectivity index (χ1) is 20.2. The van der Waals surface area contributed by atoms with Crippen molar-refractivity contribution < 1.29 is 6.16 Å². The first-order valence-corrected chi connectivity index (χ1v) is 14.6. The fourth-order valence-corrected chi connectivity index (χ4v) is 6.01. The maximum Gasteiger partial charge on any atom is 0.227 e. The van der Waals surface area contributed by atoms with Gasteiger partial charge >= 0.3 is 0 Å². The van der Waals surface area contributed by atoms with Gasteiger partial charge in [0.15, 0.2) is 0 Å². The molecule has 1 atom stereocenters. The minimum atomic E-state index is 0. The van der Waals surface area contributed by atoms with Crippen LogP contribution in [0.2, 0.25) is 0 Å². The van der Waals surface area contributed by atoms with Gasteiger partial charge in [0.2, 0.25) is 5.95 Å². The van der Waals surface area contributed by atoms with Crippen LogP contribution in [0.15, 0.2) is 67.3 Å². The van der Waals surface area contributed by atoms with Crippen LogP contribution in [0.25, 0.3) is 22.5 Å². The summed E-state index contributed by atoms with van der Waals surface area (Å²) in [6.07, 6.45) is 10.1. The molecule has 0 amide bonds. The lowest BCUT2D eigenvalue weighted by Crippen LogP contribution is -2.50. The Bertz CT molecular complexity index is 1450. The topological polar surface area (TPSA) is 87.5 Å². The number of nitrogens with one attached hydrogen (secondary N) is 1. The van der Waals surface area contributed by atoms with Crippen molar-refractivity contribution in [3.05, 3.63) is 67.3 Å². The van der Waals surface area contributed by atoms with Crippen LogP contribution in [-0.2, 0) is 4.74 Å². The number of benzene rings is 1. The van der Waals surface area contributed by atoms with E-state index in [0.29, 0.717) is 19.2 Å². The molecule has 214 valence electrons. The fraction of sp³-hybridized carbons (Fsp3) is 0.419. The lowest BCUT2D eigenvalue weighted by molar-refractivity contribution is -0.0285. The highest BCUT2D eigenvalue weighted by atomic mass is 16.5. The van der Waals surface area contributed by atoms with Crippen molar-refractivity contribution >= 4 is 17.3 Å². The summed E-state index contributed by atoms with van der Waals surface area (Å²) >= 11 is 0. The van der Waals surface area contributed by atoms with E-state index in [1.54, 1.807) is 12.4 Å². The average molecular weight is 554 g/mol. The van der Waals surface area contributed by atoms with Crippen LogP contribution in [-0.4, -0.2) is 100 Å². The van der Waals surface area contributed by atoms with Crippen molar-refractivity contribution in [2.24, 2.45) is 0 Å². The lowest BCUT2D eigenvalue weighted by atomic mass is 10.1. The Morgan fingerprint density at radius 2 is 1.85 bits per heavy atom. The van der Waals surface area contributed by atoms with Gasteiger partial charge in [0, 0.05) is 87.5 Å². The standard InChI is InChI=1S/C31H37N9O.H2/c1-37-13-3-5-26(37)19-38-14-16-39(17-15-38)25-8-6-24(7-9-25)34-31-33-12-10-29(35-31)28-20-40(27-21-41-22-27)36-30(28)23-4-2-11-32-18-23;/h2,4,6-12,18,20,26-27H,3,5,13-17,19,21-22H2,1H3,(H,33,34,35);1H. The number of likely N-dealkylation sites (tertiary alicyclic amines) is 1. The molecule has 0 radical (unpaired) electrons. The quantitative estimate of drug-likeness (QED) is 0.345. The van der Waals surface area contributed by atoms with Gasteiger partial charge in [-0.3, -0.25) is 14.6 Å². The van der Waals surface area contributed by atoms with E-state index in [0.717, 1.165) is 60.4 Å². The number of rotatable bonds is 8. The summed E-state index contributed by atoms with van der Waals surface area (Å²) in [5.74, 6) is 0.553. The van der Waals surface area contributed by atoms with Crippen LogP contribution >= 0.6 is 0 Å². The van der Waals surface area contributed by atoms with Crippen molar-refractivity contribution in [3.8, 4) is 22.5 Å². The predicted octanol–water partition coefficient (Wildman–Crippen LogP) is 4.18. The molecule has 3 fully saturated rings. The molecule has 0 aliphatic carbocycles. The molecule has 1 unspecified atom stereocenters. The minimum Gasteiger partial charge on any atom is -0.377 e. The summed E-state index contributed by atoms with van der Waals surface area (Å²) in [5, 5.41) is 8.28. The summed E-state index contributed by atoms with van der Waals surface area (Å²) in [6.45, 7) is 8.16. The molecule has 3 aliphatic heterocycles. The van der Waals surface area contributed by atoms with Crippen LogP contribution in [0.5, 0.6) is 0 Å². The maximum atomic E-state index is 5.40. The van der Waals surface area contributed by atoms with Gasteiger partial charge in [0.1, 0.15) is 5.69 Å². The predicted molar refractivity (Wildman–Crippen MR) is 162 cm³/mol. The van der Waals surface area contributed by atoms with Crippen LogP contribution in [0.4, 0.5) is 17.3 Å². The number of aromatic nitrogens is 5. The fourth-order valence-electron chi connectivity index (χ4n) is 6.01. The molecule has 3 aromatic heterocycles. The summed E-state index contributed by atoms with van der Waals surface area (Å²) in [6, 6.07) is 15.5. The van der Waals surface area contributed by atoms with E-state index in [-0.39, 0.29) is 7.47 Å². The number of pyridine rings is 1. The molecule has 3 aliphatic rings. The van der Waals surface area contributed by atoms with Gasteiger partial charge in [-0.15, -0.1) is 0 Å². The molecular weight excluding hydrogens is 514 g/mol. The molecule has 6 heterocycles. The van der Waals surface area contributed by atoms with E-state index in [2.05, 4.69) is 67.5 Å². The van der Waals surface area contributed by atoms with E-state index in [9.17, 15) is 0 Å². The van der Waals surface area contributed by atoms with E-state index < -0.39 is 0 Å². The zero-order valence-electron chi connectivity index (χ0n) is 23.6. The van der Waals surface area contributed by atoms with Crippen molar-refractivity contribution in [1.82, 2.24) is 34.5 Å². The Kier molecular flexibility index (Phi) is 7.35. The van der Waals surface area contributed by atoms with E-state index >= 15 is 0 Å². The summed E-state index contributed by atoms with van der Waals surface area (Å²) in [4.78, 5) is 21.3. The first-order valence-electron chi connectivity index (χ1n) is 14.6. The van der Waals surface area contributed by atoms with Crippen LogP contribution in [0.3, 0.4) is 0 Å². The lowest BCUT2D eigenvalue weighted by Gasteiger charge is -2.38. The van der Waals surface area contributed by atoms with Gasteiger partial charge in [-0.05, 0) is 68.9 Å². The minimum absolute atomic E-state index is 0. The zero-order valence-corrected chi connectivity index (χ0v) is 23.6. The molecule has 10 heteroatoms. The number of ether oxygens (including phenoxy) is 1.